The molecule has 7 heteroatoms. The summed E-state index contributed by atoms with van der Waals surface area (Å²) in [6, 6.07) is 7.07. The summed E-state index contributed by atoms with van der Waals surface area (Å²) in [6.07, 6.45) is 1.40. The van der Waals surface area contributed by atoms with Crippen LogP contribution < -0.4 is 20.0 Å². The van der Waals surface area contributed by atoms with Crippen LogP contribution in [-0.2, 0) is 9.59 Å². The van der Waals surface area contributed by atoms with Gasteiger partial charge in [0.15, 0.2) is 6.04 Å². The molecular weight excluding hydrogens is 396 g/mol. The van der Waals surface area contributed by atoms with Crippen molar-refractivity contribution in [2.45, 2.75) is 25.8 Å². The number of nitrogens with one attached hydrogen (secondary N) is 2. The smallest absolute Gasteiger partial charge is 0.292 e. The van der Waals surface area contributed by atoms with Crippen molar-refractivity contribution < 1.29 is 24.7 Å². The lowest BCUT2D eigenvalue weighted by Gasteiger charge is -2.28. The number of hydrogen-bond acceptors (Lipinski definition) is 2. The first-order valence-electron chi connectivity index (χ1n) is 9.71. The number of nitrogens with zero attached hydrogens (tertiary/aromatic N) is 1. The van der Waals surface area contributed by atoms with Gasteiger partial charge in [-0.1, -0.05) is 15.9 Å². The van der Waals surface area contributed by atoms with Gasteiger partial charge < -0.3 is 15.1 Å². The van der Waals surface area contributed by atoms with E-state index < -0.39 is 0 Å². The van der Waals surface area contributed by atoms with Gasteiger partial charge in [0.05, 0.1) is 31.7 Å². The van der Waals surface area contributed by atoms with Crippen LogP contribution in [0.2, 0.25) is 0 Å². The molecule has 0 unspecified atom stereocenters. The van der Waals surface area contributed by atoms with E-state index in [-0.39, 0.29) is 17.9 Å². The lowest BCUT2D eigenvalue weighted by Crippen LogP contribution is -3.28. The molecule has 0 bridgehead atoms. The number of amides is 2. The quantitative estimate of drug-likeness (QED) is 0.344. The van der Waals surface area contributed by atoms with Crippen LogP contribution in [-0.4, -0.2) is 63.7 Å². The van der Waals surface area contributed by atoms with Crippen molar-refractivity contribution in [2.75, 3.05) is 50.7 Å². The van der Waals surface area contributed by atoms with E-state index in [4.69, 9.17) is 0 Å². The van der Waals surface area contributed by atoms with Crippen molar-refractivity contribution in [1.29, 1.82) is 0 Å². The van der Waals surface area contributed by atoms with E-state index in [0.29, 0.717) is 12.1 Å². The lowest BCUT2D eigenvalue weighted by molar-refractivity contribution is -1.01. The fourth-order valence-electron chi connectivity index (χ4n) is 3.93. The van der Waals surface area contributed by atoms with Crippen molar-refractivity contribution in [3.05, 3.63) is 28.7 Å². The standard InChI is InChI=1S/C19H27BrN4O2/c1-2-22-10-12-23(13-11-22)9-3-8-21-17-14-18(25)24(19(17)26)16-6-4-15(20)5-7-16/h4-7,17,21H,2-3,8-14H2,1H3/p+3/t17-/m1/s1. The van der Waals surface area contributed by atoms with Gasteiger partial charge in [-0.25, -0.2) is 4.90 Å². The van der Waals surface area contributed by atoms with Crippen LogP contribution in [0.1, 0.15) is 19.8 Å². The van der Waals surface area contributed by atoms with Gasteiger partial charge in [-0.3, -0.25) is 9.59 Å². The summed E-state index contributed by atoms with van der Waals surface area (Å²) in [4.78, 5) is 29.6. The van der Waals surface area contributed by atoms with Gasteiger partial charge in [0.1, 0.15) is 26.2 Å². The fourth-order valence-corrected chi connectivity index (χ4v) is 4.20. The first-order chi connectivity index (χ1) is 12.6. The summed E-state index contributed by atoms with van der Waals surface area (Å²) in [6.45, 7) is 10.6. The summed E-state index contributed by atoms with van der Waals surface area (Å²) in [5, 5.41) is 2.06. The van der Waals surface area contributed by atoms with Gasteiger partial charge in [-0.15, -0.1) is 0 Å². The number of benzene rings is 1. The largest absolute Gasteiger partial charge is 0.335 e. The van der Waals surface area contributed by atoms with E-state index in [2.05, 4.69) is 28.2 Å². The molecule has 1 aromatic carbocycles. The number of anilines is 1. The molecule has 3 rings (SSSR count). The van der Waals surface area contributed by atoms with E-state index in [9.17, 15) is 9.59 Å². The van der Waals surface area contributed by atoms with Gasteiger partial charge in [0.2, 0.25) is 5.91 Å². The zero-order valence-electron chi connectivity index (χ0n) is 15.5. The number of quaternary nitrogens is 3. The Hall–Kier alpha value is -1.28. The highest BCUT2D eigenvalue weighted by Crippen LogP contribution is 2.23. The molecule has 2 fully saturated rings. The lowest BCUT2D eigenvalue weighted by atomic mass is 10.2. The van der Waals surface area contributed by atoms with Crippen molar-refractivity contribution in [1.82, 2.24) is 0 Å². The fraction of sp³-hybridized carbons (Fsp3) is 0.579. The number of halogens is 1. The number of piperazine rings is 1. The molecule has 2 aliphatic heterocycles. The third-order valence-corrected chi connectivity index (χ3v) is 6.14. The topological polar surface area (TPSA) is 62.9 Å². The summed E-state index contributed by atoms with van der Waals surface area (Å²) in [7, 11) is 0. The van der Waals surface area contributed by atoms with E-state index in [1.54, 1.807) is 9.80 Å². The molecule has 0 aromatic heterocycles. The molecule has 6 nitrogen and oxygen atoms in total. The Morgan fingerprint density at radius 2 is 1.77 bits per heavy atom. The summed E-state index contributed by atoms with van der Waals surface area (Å²) in [5.41, 5.74) is 0.667. The van der Waals surface area contributed by atoms with Crippen LogP contribution in [0.4, 0.5) is 5.69 Å². The monoisotopic (exact) mass is 425 g/mol. The van der Waals surface area contributed by atoms with Gasteiger partial charge in [-0.2, -0.15) is 0 Å². The number of nitrogens with two attached hydrogens (primary N) is 1. The molecule has 2 aliphatic rings. The highest BCUT2D eigenvalue weighted by Gasteiger charge is 2.42. The normalized spacial score (nSPS) is 26.5. The maximum Gasteiger partial charge on any atom is 0.292 e. The molecular formula is C19H30BrN4O2+3. The molecule has 142 valence electrons. The van der Waals surface area contributed by atoms with E-state index in [1.807, 2.05) is 24.3 Å². The van der Waals surface area contributed by atoms with Gasteiger partial charge in [0.25, 0.3) is 5.91 Å². The van der Waals surface area contributed by atoms with Crippen molar-refractivity contribution in [2.24, 2.45) is 0 Å². The van der Waals surface area contributed by atoms with Crippen LogP contribution in [0.25, 0.3) is 0 Å². The zero-order chi connectivity index (χ0) is 18.5. The second-order valence-electron chi connectivity index (χ2n) is 7.34. The third kappa shape index (κ3) is 4.71. The van der Waals surface area contributed by atoms with Gasteiger partial charge in [0, 0.05) is 10.9 Å². The Kier molecular flexibility index (Phi) is 6.80. The van der Waals surface area contributed by atoms with Crippen molar-refractivity contribution in [3.8, 4) is 0 Å². The van der Waals surface area contributed by atoms with Crippen molar-refractivity contribution >= 4 is 33.4 Å². The molecule has 2 saturated heterocycles. The number of likely N-dealkylation sites (N-methyl/N-ethyl adjacent to an activating group) is 1. The average molecular weight is 426 g/mol. The number of carbonyl (C=O) groups is 2. The Morgan fingerprint density at radius 3 is 2.42 bits per heavy atom. The molecule has 0 spiro atoms. The minimum Gasteiger partial charge on any atom is -0.335 e. The van der Waals surface area contributed by atoms with Crippen LogP contribution >= 0.6 is 15.9 Å². The number of imide groups is 1. The minimum absolute atomic E-state index is 0.0789. The Morgan fingerprint density at radius 1 is 1.12 bits per heavy atom. The van der Waals surface area contributed by atoms with E-state index in [0.717, 1.165) is 17.4 Å². The molecule has 0 radical (unpaired) electrons. The summed E-state index contributed by atoms with van der Waals surface area (Å²) < 4.78 is 0.937. The van der Waals surface area contributed by atoms with Crippen LogP contribution in [0.15, 0.2) is 28.7 Å². The molecule has 2 amide bonds. The third-order valence-electron chi connectivity index (χ3n) is 5.62. The molecule has 2 heterocycles. The molecule has 0 saturated carbocycles. The minimum atomic E-state index is -0.262. The number of hydrogen-bond donors (Lipinski definition) is 3. The number of rotatable bonds is 7. The second kappa shape index (κ2) is 9.08. The van der Waals surface area contributed by atoms with E-state index >= 15 is 0 Å². The van der Waals surface area contributed by atoms with Crippen LogP contribution in [0.5, 0.6) is 0 Å². The highest BCUT2D eigenvalue weighted by atomic mass is 79.9. The SMILES string of the molecule is CC[NH+]1CC[NH+](CCC[NH2+][C@@H]2CC(=O)N(c3ccc(Br)cc3)C2=O)CC1. The number of carbonyl (C=O) groups excluding carboxylic acids is 2. The maximum absolute atomic E-state index is 12.6. The summed E-state index contributed by atoms with van der Waals surface area (Å²) in [5.74, 6) is -0.173. The zero-order valence-corrected chi connectivity index (χ0v) is 17.1. The first kappa shape index (κ1) is 19.5. The molecule has 1 aromatic rings. The van der Waals surface area contributed by atoms with Crippen molar-refractivity contribution in [3.63, 3.8) is 0 Å². The highest BCUT2D eigenvalue weighted by molar-refractivity contribution is 9.10. The van der Waals surface area contributed by atoms with Crippen LogP contribution in [0.3, 0.4) is 0 Å². The Bertz CT molecular complexity index is 629. The Labute approximate surface area is 163 Å². The molecule has 4 N–H and O–H groups in total. The predicted octanol–water partition coefficient (Wildman–Crippen LogP) is -2.16. The molecule has 0 aliphatic carbocycles. The van der Waals surface area contributed by atoms with E-state index in [1.165, 1.54) is 44.2 Å². The predicted molar refractivity (Wildman–Crippen MR) is 103 cm³/mol. The molecule has 1 atom stereocenters. The maximum atomic E-state index is 12.6. The first-order valence-corrected chi connectivity index (χ1v) is 10.5. The Balaban J connectivity index is 1.42. The van der Waals surface area contributed by atoms with Gasteiger partial charge in [-0.05, 0) is 31.2 Å². The molecule has 26 heavy (non-hydrogen) atoms. The summed E-state index contributed by atoms with van der Waals surface area (Å²) >= 11 is 3.38. The van der Waals surface area contributed by atoms with Gasteiger partial charge >= 0.3 is 0 Å². The average Bonchev–Trinajstić information content (AvgIpc) is 2.94. The second-order valence-corrected chi connectivity index (χ2v) is 8.25. The van der Waals surface area contributed by atoms with Crippen LogP contribution in [0, 0.1) is 0 Å².